The highest BCUT2D eigenvalue weighted by Crippen LogP contribution is 2.60. The van der Waals surface area contributed by atoms with Crippen LogP contribution in [0.3, 0.4) is 0 Å². The standard InChI is InChI=1S/C33H34N2O6S/c1-3-17-34(18-4-2)42(39,40)22-15-13-21(14-16-22)33(38)41-20-19-35-31(36)29-27-23-9-5-6-10-24(23)28(30(29)32(35)37)26-12-8-7-11-25(26)27/h5-16,27-30H,3-4,17-20H2,1-2H3/t27?,28?,29-,30-/m1/s1. The predicted molar refractivity (Wildman–Crippen MR) is 156 cm³/mol. The van der Waals surface area contributed by atoms with Gasteiger partial charge in [0.05, 0.1) is 28.8 Å². The van der Waals surface area contributed by atoms with Crippen molar-refractivity contribution >= 4 is 27.8 Å². The molecule has 0 unspecified atom stereocenters. The van der Waals surface area contributed by atoms with Crippen LogP contribution in [0.2, 0.25) is 0 Å². The third-order valence-corrected chi connectivity index (χ3v) is 10.7. The number of ether oxygens (including phenoxy) is 1. The van der Waals surface area contributed by atoms with Crippen LogP contribution in [0.5, 0.6) is 0 Å². The largest absolute Gasteiger partial charge is 0.460 e. The van der Waals surface area contributed by atoms with Crippen LogP contribution in [0.15, 0.2) is 77.7 Å². The molecule has 1 aliphatic heterocycles. The van der Waals surface area contributed by atoms with E-state index in [-0.39, 0.29) is 47.3 Å². The Morgan fingerprint density at radius 3 is 1.64 bits per heavy atom. The lowest BCUT2D eigenvalue weighted by atomic mass is 9.55. The third-order valence-electron chi connectivity index (χ3n) is 8.76. The van der Waals surface area contributed by atoms with Crippen molar-refractivity contribution in [2.75, 3.05) is 26.2 Å². The topological polar surface area (TPSA) is 101 Å². The Hall–Kier alpha value is -3.82. The normalized spacial score (nSPS) is 22.2. The first-order valence-electron chi connectivity index (χ1n) is 14.6. The van der Waals surface area contributed by atoms with Crippen molar-refractivity contribution in [3.8, 4) is 0 Å². The van der Waals surface area contributed by atoms with Gasteiger partial charge in [-0.2, -0.15) is 4.31 Å². The quantitative estimate of drug-likeness (QED) is 0.255. The van der Waals surface area contributed by atoms with E-state index in [1.165, 1.54) is 33.5 Å². The van der Waals surface area contributed by atoms with E-state index in [1.807, 2.05) is 38.1 Å². The molecular weight excluding hydrogens is 552 g/mol. The van der Waals surface area contributed by atoms with E-state index >= 15 is 0 Å². The van der Waals surface area contributed by atoms with Gasteiger partial charge in [0.1, 0.15) is 6.61 Å². The van der Waals surface area contributed by atoms with E-state index < -0.39 is 27.8 Å². The third kappa shape index (κ3) is 4.46. The van der Waals surface area contributed by atoms with Crippen LogP contribution in [-0.2, 0) is 24.3 Å². The minimum absolute atomic E-state index is 0.0298. The molecular formula is C33H34N2O6S. The zero-order valence-electron chi connectivity index (χ0n) is 23.7. The molecule has 3 aromatic rings. The molecule has 0 N–H and O–H groups in total. The predicted octanol–water partition coefficient (Wildman–Crippen LogP) is 4.55. The molecule has 9 heteroatoms. The fourth-order valence-electron chi connectivity index (χ4n) is 7.04. The fraction of sp³-hybridized carbons (Fsp3) is 0.364. The minimum Gasteiger partial charge on any atom is -0.460 e. The summed E-state index contributed by atoms with van der Waals surface area (Å²) < 4.78 is 32.9. The molecule has 7 rings (SSSR count). The molecule has 0 radical (unpaired) electrons. The SMILES string of the molecule is CCCN(CCC)S(=O)(=O)c1ccc(C(=O)OCCN2C(=O)[C@@H]3C4c5ccccc5C(c5ccccc54)[C@H]3C2=O)cc1. The number of sulfonamides is 1. The highest BCUT2D eigenvalue weighted by Gasteiger charge is 2.61. The molecule has 218 valence electrons. The number of carbonyl (C=O) groups excluding carboxylic acids is 3. The maximum Gasteiger partial charge on any atom is 0.338 e. The first-order chi connectivity index (χ1) is 20.3. The van der Waals surface area contributed by atoms with Gasteiger partial charge in [-0.05, 0) is 59.4 Å². The van der Waals surface area contributed by atoms with Gasteiger partial charge in [-0.3, -0.25) is 14.5 Å². The van der Waals surface area contributed by atoms with Gasteiger partial charge in [0.15, 0.2) is 0 Å². The number of rotatable bonds is 10. The number of amides is 2. The summed E-state index contributed by atoms with van der Waals surface area (Å²) in [4.78, 5) is 41.5. The van der Waals surface area contributed by atoms with Crippen LogP contribution in [0.1, 0.15) is 71.1 Å². The zero-order valence-corrected chi connectivity index (χ0v) is 24.5. The molecule has 8 nitrogen and oxygen atoms in total. The lowest BCUT2D eigenvalue weighted by Crippen LogP contribution is -2.41. The Kier molecular flexibility index (Phi) is 7.49. The molecule has 4 aliphatic rings. The van der Waals surface area contributed by atoms with Gasteiger partial charge < -0.3 is 4.74 Å². The van der Waals surface area contributed by atoms with Crippen LogP contribution in [0.25, 0.3) is 0 Å². The van der Waals surface area contributed by atoms with Crippen molar-refractivity contribution in [1.29, 1.82) is 0 Å². The van der Waals surface area contributed by atoms with Crippen molar-refractivity contribution in [2.45, 2.75) is 43.4 Å². The maximum atomic E-state index is 13.7. The van der Waals surface area contributed by atoms with E-state index in [2.05, 4.69) is 24.3 Å². The maximum absolute atomic E-state index is 13.7. The summed E-state index contributed by atoms with van der Waals surface area (Å²) in [6.07, 6.45) is 1.41. The molecule has 1 saturated heterocycles. The summed E-state index contributed by atoms with van der Waals surface area (Å²) in [5.74, 6) is -2.41. The zero-order chi connectivity index (χ0) is 29.6. The molecule has 0 spiro atoms. The van der Waals surface area contributed by atoms with E-state index in [0.29, 0.717) is 25.9 Å². The van der Waals surface area contributed by atoms with Crippen molar-refractivity contribution < 1.29 is 27.5 Å². The first kappa shape index (κ1) is 28.3. The second-order valence-electron chi connectivity index (χ2n) is 11.2. The summed E-state index contributed by atoms with van der Waals surface area (Å²) in [5, 5.41) is 0. The first-order valence-corrected chi connectivity index (χ1v) is 16.0. The lowest BCUT2D eigenvalue weighted by Gasteiger charge is -2.45. The number of esters is 1. The molecule has 2 atom stereocenters. The molecule has 1 fully saturated rings. The van der Waals surface area contributed by atoms with E-state index in [4.69, 9.17) is 4.74 Å². The summed E-state index contributed by atoms with van der Waals surface area (Å²) in [7, 11) is -3.66. The Labute approximate surface area is 246 Å². The van der Waals surface area contributed by atoms with Crippen LogP contribution in [0, 0.1) is 11.8 Å². The molecule has 0 saturated carbocycles. The number of hydrogen-bond donors (Lipinski definition) is 0. The van der Waals surface area contributed by atoms with Gasteiger partial charge in [0.25, 0.3) is 0 Å². The average molecular weight is 587 g/mol. The molecule has 2 amide bonds. The fourth-order valence-corrected chi connectivity index (χ4v) is 8.66. The van der Waals surface area contributed by atoms with Gasteiger partial charge in [-0.1, -0.05) is 62.4 Å². The Bertz CT molecular complexity index is 1530. The van der Waals surface area contributed by atoms with Gasteiger partial charge >= 0.3 is 5.97 Å². The molecule has 3 aromatic carbocycles. The molecule has 42 heavy (non-hydrogen) atoms. The molecule has 2 bridgehead atoms. The molecule has 0 aromatic heterocycles. The lowest BCUT2D eigenvalue weighted by molar-refractivity contribution is -0.140. The number of benzene rings is 3. The number of nitrogens with zero attached hydrogens (tertiary/aromatic N) is 2. The molecule has 1 heterocycles. The smallest absolute Gasteiger partial charge is 0.338 e. The van der Waals surface area contributed by atoms with Crippen molar-refractivity contribution in [1.82, 2.24) is 9.21 Å². The van der Waals surface area contributed by atoms with Gasteiger partial charge in [0, 0.05) is 24.9 Å². The van der Waals surface area contributed by atoms with Crippen LogP contribution < -0.4 is 0 Å². The summed E-state index contributed by atoms with van der Waals surface area (Å²) in [6.45, 7) is 4.53. The van der Waals surface area contributed by atoms with Crippen LogP contribution in [-0.4, -0.2) is 61.6 Å². The van der Waals surface area contributed by atoms with Gasteiger partial charge in [-0.15, -0.1) is 0 Å². The summed E-state index contributed by atoms with van der Waals surface area (Å²) in [6, 6.07) is 21.8. The number of hydrogen-bond acceptors (Lipinski definition) is 6. The summed E-state index contributed by atoms with van der Waals surface area (Å²) >= 11 is 0. The Balaban J connectivity index is 1.14. The van der Waals surface area contributed by atoms with Crippen molar-refractivity contribution in [3.63, 3.8) is 0 Å². The van der Waals surface area contributed by atoms with Crippen molar-refractivity contribution in [2.24, 2.45) is 11.8 Å². The minimum atomic E-state index is -3.66. The molecule has 3 aliphatic carbocycles. The number of imide groups is 1. The Morgan fingerprint density at radius 2 is 1.21 bits per heavy atom. The monoisotopic (exact) mass is 586 g/mol. The second kappa shape index (κ2) is 11.1. The highest BCUT2D eigenvalue weighted by molar-refractivity contribution is 7.89. The van der Waals surface area contributed by atoms with E-state index in [1.54, 1.807) is 0 Å². The van der Waals surface area contributed by atoms with E-state index in [0.717, 1.165) is 22.3 Å². The van der Waals surface area contributed by atoms with Gasteiger partial charge in [-0.25, -0.2) is 13.2 Å². The van der Waals surface area contributed by atoms with Crippen LogP contribution >= 0.6 is 0 Å². The second-order valence-corrected chi connectivity index (χ2v) is 13.1. The average Bonchev–Trinajstić information content (AvgIpc) is 3.26. The Morgan fingerprint density at radius 1 is 0.762 bits per heavy atom. The number of carbonyl (C=O) groups is 3. The number of likely N-dealkylation sites (tertiary alicyclic amines) is 1. The summed E-state index contributed by atoms with van der Waals surface area (Å²) in [5.41, 5.74) is 4.62. The highest BCUT2D eigenvalue weighted by atomic mass is 32.2. The van der Waals surface area contributed by atoms with Crippen molar-refractivity contribution in [3.05, 3.63) is 101 Å². The van der Waals surface area contributed by atoms with E-state index in [9.17, 15) is 22.8 Å². The van der Waals surface area contributed by atoms with Crippen LogP contribution in [0.4, 0.5) is 0 Å². The van der Waals surface area contributed by atoms with Gasteiger partial charge in [0.2, 0.25) is 21.8 Å².